The fourth-order valence-electron chi connectivity index (χ4n) is 2.71. The van der Waals surface area contributed by atoms with Gasteiger partial charge in [-0.3, -0.25) is 4.79 Å². The van der Waals surface area contributed by atoms with E-state index in [0.717, 1.165) is 33.3 Å². The van der Waals surface area contributed by atoms with E-state index < -0.39 is 5.97 Å². The summed E-state index contributed by atoms with van der Waals surface area (Å²) in [5.74, 6) is -0.656. The number of aliphatic carboxylic acids is 1. The van der Waals surface area contributed by atoms with Gasteiger partial charge in [-0.1, -0.05) is 44.2 Å². The first kappa shape index (κ1) is 20.0. The average Bonchev–Trinajstić information content (AvgIpc) is 3.10. The maximum Gasteiger partial charge on any atom is 0.307 e. The molecule has 140 valence electrons. The molecule has 5 heteroatoms. The van der Waals surface area contributed by atoms with Crippen LogP contribution < -0.4 is 0 Å². The van der Waals surface area contributed by atoms with Crippen LogP contribution in [0.15, 0.2) is 61.0 Å². The number of nitrogens with one attached hydrogen (secondary N) is 1. The van der Waals surface area contributed by atoms with Gasteiger partial charge in [-0.2, -0.15) is 0 Å². The van der Waals surface area contributed by atoms with Crippen LogP contribution in [0.3, 0.4) is 0 Å². The second-order valence-electron chi connectivity index (χ2n) is 5.62. The highest BCUT2D eigenvalue weighted by atomic mass is 16.4. The topological polar surface area (TPSA) is 86.2 Å². The number of fused-ring (bicyclic) bond motifs is 1. The zero-order valence-corrected chi connectivity index (χ0v) is 15.7. The van der Waals surface area contributed by atoms with Crippen molar-refractivity contribution in [1.82, 2.24) is 9.97 Å². The van der Waals surface area contributed by atoms with E-state index in [9.17, 15) is 9.90 Å². The quantitative estimate of drug-likeness (QED) is 0.529. The van der Waals surface area contributed by atoms with Crippen molar-refractivity contribution < 1.29 is 15.0 Å². The Morgan fingerprint density at radius 2 is 2.00 bits per heavy atom. The summed E-state index contributed by atoms with van der Waals surface area (Å²) in [6.45, 7) is 5.91. The van der Waals surface area contributed by atoms with Gasteiger partial charge in [0, 0.05) is 28.9 Å². The van der Waals surface area contributed by atoms with E-state index in [1.54, 1.807) is 36.5 Å². The Hall–Kier alpha value is -3.34. The molecule has 3 N–H and O–H groups in total. The SMILES string of the molecule is C/C=C(\C=C/CC(=O)O)c1c[nH]c2ncc(-c3cccc(O)c3)cc12.CC. The van der Waals surface area contributed by atoms with E-state index in [1.165, 1.54) is 0 Å². The Labute approximate surface area is 158 Å². The summed E-state index contributed by atoms with van der Waals surface area (Å²) in [4.78, 5) is 18.3. The number of pyridine rings is 1. The van der Waals surface area contributed by atoms with Crippen molar-refractivity contribution in [2.75, 3.05) is 0 Å². The van der Waals surface area contributed by atoms with E-state index in [-0.39, 0.29) is 12.2 Å². The number of H-pyrrole nitrogens is 1. The second kappa shape index (κ2) is 9.38. The minimum atomic E-state index is -0.863. The Kier molecular flexibility index (Phi) is 6.94. The number of hydrogen-bond donors (Lipinski definition) is 3. The zero-order valence-electron chi connectivity index (χ0n) is 15.7. The maximum absolute atomic E-state index is 10.7. The largest absolute Gasteiger partial charge is 0.508 e. The Morgan fingerprint density at radius 1 is 1.22 bits per heavy atom. The van der Waals surface area contributed by atoms with Gasteiger partial charge in [0.1, 0.15) is 11.4 Å². The van der Waals surface area contributed by atoms with Gasteiger partial charge in [0.25, 0.3) is 0 Å². The highest BCUT2D eigenvalue weighted by Gasteiger charge is 2.09. The maximum atomic E-state index is 10.7. The fraction of sp³-hybridized carbons (Fsp3) is 0.182. The molecule has 2 heterocycles. The number of aromatic nitrogens is 2. The van der Waals surface area contributed by atoms with Crippen LogP contribution in [0.1, 0.15) is 32.8 Å². The van der Waals surface area contributed by atoms with Gasteiger partial charge in [-0.25, -0.2) is 4.98 Å². The number of aromatic amines is 1. The molecule has 0 amide bonds. The fourth-order valence-corrected chi connectivity index (χ4v) is 2.71. The number of carboxylic acid groups (broad SMARTS) is 1. The molecule has 1 aromatic carbocycles. The molecule has 27 heavy (non-hydrogen) atoms. The van der Waals surface area contributed by atoms with Gasteiger partial charge < -0.3 is 15.2 Å². The molecular weight excluding hydrogens is 340 g/mol. The van der Waals surface area contributed by atoms with Crippen molar-refractivity contribution in [3.63, 3.8) is 0 Å². The van der Waals surface area contributed by atoms with Gasteiger partial charge in [-0.05, 0) is 36.3 Å². The minimum absolute atomic E-state index is 0.0213. The predicted octanol–water partition coefficient (Wildman–Crippen LogP) is 5.40. The Bertz CT molecular complexity index is 984. The van der Waals surface area contributed by atoms with E-state index in [2.05, 4.69) is 9.97 Å². The summed E-state index contributed by atoms with van der Waals surface area (Å²) < 4.78 is 0. The summed E-state index contributed by atoms with van der Waals surface area (Å²) in [6.07, 6.45) is 8.96. The first-order valence-corrected chi connectivity index (χ1v) is 8.90. The molecule has 0 radical (unpaired) electrons. The number of carboxylic acids is 1. The molecule has 3 aromatic rings. The van der Waals surface area contributed by atoms with Gasteiger partial charge in [-0.15, -0.1) is 0 Å². The third-order valence-corrected chi connectivity index (χ3v) is 3.92. The normalized spacial score (nSPS) is 11.4. The van der Waals surface area contributed by atoms with Crippen molar-refractivity contribution in [1.29, 1.82) is 0 Å². The predicted molar refractivity (Wildman–Crippen MR) is 110 cm³/mol. The van der Waals surface area contributed by atoms with Crippen molar-refractivity contribution in [3.05, 3.63) is 66.5 Å². The number of nitrogens with zero attached hydrogens (tertiary/aromatic N) is 1. The number of hydrogen-bond acceptors (Lipinski definition) is 3. The number of rotatable bonds is 5. The third kappa shape index (κ3) is 4.85. The lowest BCUT2D eigenvalue weighted by Gasteiger charge is -2.04. The highest BCUT2D eigenvalue weighted by Crippen LogP contribution is 2.30. The second-order valence-corrected chi connectivity index (χ2v) is 5.62. The first-order valence-electron chi connectivity index (χ1n) is 8.90. The third-order valence-electron chi connectivity index (χ3n) is 3.92. The number of phenols is 1. The first-order chi connectivity index (χ1) is 13.1. The number of benzene rings is 1. The van der Waals surface area contributed by atoms with Crippen LogP contribution >= 0.6 is 0 Å². The molecule has 0 aliphatic carbocycles. The molecule has 0 saturated carbocycles. The standard InChI is InChI=1S/C20H18N2O3.C2H6/c1-2-13(5-4-8-19(24)25)18-12-22-20-17(18)10-15(11-21-20)14-6-3-7-16(23)9-14;1-2/h2-7,9-12,23H,8H2,1H3,(H,21,22)(H,24,25);1-2H3/b5-4-,13-2+;. The molecule has 0 atom stereocenters. The van der Waals surface area contributed by atoms with Crippen LogP contribution in [0.4, 0.5) is 0 Å². The Morgan fingerprint density at radius 3 is 2.67 bits per heavy atom. The molecular formula is C22H24N2O3. The minimum Gasteiger partial charge on any atom is -0.508 e. The van der Waals surface area contributed by atoms with E-state index in [4.69, 9.17) is 5.11 Å². The van der Waals surface area contributed by atoms with E-state index in [0.29, 0.717) is 0 Å². The lowest BCUT2D eigenvalue weighted by atomic mass is 10.0. The summed E-state index contributed by atoms with van der Waals surface area (Å²) >= 11 is 0. The van der Waals surface area contributed by atoms with Crippen LogP contribution in [0.2, 0.25) is 0 Å². The lowest BCUT2D eigenvalue weighted by molar-refractivity contribution is -0.136. The molecule has 0 saturated heterocycles. The van der Waals surface area contributed by atoms with E-state index >= 15 is 0 Å². The smallest absolute Gasteiger partial charge is 0.307 e. The molecule has 0 aliphatic rings. The molecule has 0 spiro atoms. The van der Waals surface area contributed by atoms with Crippen LogP contribution in [0.25, 0.3) is 27.7 Å². The number of aromatic hydroxyl groups is 1. The average molecular weight is 364 g/mol. The van der Waals surface area contributed by atoms with Crippen molar-refractivity contribution in [2.45, 2.75) is 27.2 Å². The summed E-state index contributed by atoms with van der Waals surface area (Å²) in [5, 5.41) is 19.4. The number of carbonyl (C=O) groups is 1. The molecule has 5 nitrogen and oxygen atoms in total. The van der Waals surface area contributed by atoms with Crippen molar-refractivity contribution in [3.8, 4) is 16.9 Å². The van der Waals surface area contributed by atoms with Gasteiger partial charge in [0.2, 0.25) is 0 Å². The number of allylic oxidation sites excluding steroid dienone is 3. The molecule has 0 bridgehead atoms. The lowest BCUT2D eigenvalue weighted by Crippen LogP contribution is -1.90. The summed E-state index contributed by atoms with van der Waals surface area (Å²) in [7, 11) is 0. The number of phenolic OH excluding ortho intramolecular Hbond substituents is 1. The summed E-state index contributed by atoms with van der Waals surface area (Å²) in [6, 6.07) is 9.04. The zero-order chi connectivity index (χ0) is 19.8. The van der Waals surface area contributed by atoms with Gasteiger partial charge in [0.05, 0.1) is 6.42 Å². The van der Waals surface area contributed by atoms with Gasteiger partial charge in [0.15, 0.2) is 0 Å². The summed E-state index contributed by atoms with van der Waals surface area (Å²) in [5.41, 5.74) is 4.40. The van der Waals surface area contributed by atoms with Crippen LogP contribution in [-0.2, 0) is 4.79 Å². The Balaban J connectivity index is 0.00000126. The van der Waals surface area contributed by atoms with E-state index in [1.807, 2.05) is 45.2 Å². The van der Waals surface area contributed by atoms with Crippen molar-refractivity contribution in [2.24, 2.45) is 0 Å². The van der Waals surface area contributed by atoms with Gasteiger partial charge >= 0.3 is 5.97 Å². The highest BCUT2D eigenvalue weighted by molar-refractivity contribution is 5.95. The van der Waals surface area contributed by atoms with Crippen LogP contribution in [0.5, 0.6) is 5.75 Å². The van der Waals surface area contributed by atoms with Crippen LogP contribution in [0, 0.1) is 0 Å². The molecule has 3 rings (SSSR count). The molecule has 0 unspecified atom stereocenters. The monoisotopic (exact) mass is 364 g/mol. The molecule has 0 fully saturated rings. The molecule has 2 aromatic heterocycles. The molecule has 0 aliphatic heterocycles. The van der Waals surface area contributed by atoms with Crippen molar-refractivity contribution >= 4 is 22.6 Å². The van der Waals surface area contributed by atoms with Crippen LogP contribution in [-0.4, -0.2) is 26.2 Å².